The van der Waals surface area contributed by atoms with Gasteiger partial charge in [0, 0.05) is 10.4 Å². The quantitative estimate of drug-likeness (QED) is 0.814. The fourth-order valence-corrected chi connectivity index (χ4v) is 2.93. The van der Waals surface area contributed by atoms with Gasteiger partial charge in [0.15, 0.2) is 12.4 Å². The zero-order valence-electron chi connectivity index (χ0n) is 12.3. The highest BCUT2D eigenvalue weighted by molar-refractivity contribution is 7.16. The number of thiophene rings is 1. The molecule has 0 saturated carbocycles. The number of amides is 1. The minimum Gasteiger partial charge on any atom is -0.484 e. The number of benzene rings is 1. The number of hydrogen-bond donors (Lipinski definition) is 1. The van der Waals surface area contributed by atoms with Crippen LogP contribution in [0.15, 0.2) is 36.4 Å². The van der Waals surface area contributed by atoms with Crippen molar-refractivity contribution < 1.29 is 14.3 Å². The van der Waals surface area contributed by atoms with Crippen LogP contribution in [0, 0.1) is 0 Å². The second-order valence-electron chi connectivity index (χ2n) is 4.80. The van der Waals surface area contributed by atoms with E-state index in [0.717, 1.165) is 4.88 Å². The molecule has 1 heterocycles. The molecule has 1 aromatic carbocycles. The number of ether oxygens (including phenoxy) is 1. The van der Waals surface area contributed by atoms with Gasteiger partial charge in [-0.25, -0.2) is 0 Å². The average molecular weight is 338 g/mol. The number of carbonyl (C=O) groups excluding carboxylic acids is 2. The summed E-state index contributed by atoms with van der Waals surface area (Å²) in [5, 5.41) is 2.84. The Morgan fingerprint density at radius 3 is 2.73 bits per heavy atom. The maximum Gasteiger partial charge on any atom is 0.258 e. The van der Waals surface area contributed by atoms with Gasteiger partial charge in [0.2, 0.25) is 0 Å². The summed E-state index contributed by atoms with van der Waals surface area (Å²) >= 11 is 7.31. The fourth-order valence-electron chi connectivity index (χ4n) is 1.87. The van der Waals surface area contributed by atoms with Crippen molar-refractivity contribution in [3.8, 4) is 5.75 Å². The molecule has 4 nitrogen and oxygen atoms in total. The first-order valence-electron chi connectivity index (χ1n) is 6.74. The molecule has 0 saturated heterocycles. The molecular formula is C16H16ClNO3S. The largest absolute Gasteiger partial charge is 0.484 e. The van der Waals surface area contributed by atoms with Crippen LogP contribution in [0.5, 0.6) is 5.75 Å². The third-order valence-corrected chi connectivity index (χ3v) is 4.42. The Morgan fingerprint density at radius 1 is 1.32 bits per heavy atom. The van der Waals surface area contributed by atoms with Crippen molar-refractivity contribution in [2.24, 2.45) is 0 Å². The number of halogens is 1. The van der Waals surface area contributed by atoms with Crippen LogP contribution in [0.25, 0.3) is 0 Å². The highest BCUT2D eigenvalue weighted by Crippen LogP contribution is 2.26. The number of ketones is 1. The van der Waals surface area contributed by atoms with Gasteiger partial charge in [-0.2, -0.15) is 0 Å². The fraction of sp³-hybridized carbons (Fsp3) is 0.250. The molecule has 0 spiro atoms. The second kappa shape index (κ2) is 7.42. The average Bonchev–Trinajstić information content (AvgIpc) is 2.92. The number of nitrogens with one attached hydrogen (secondary N) is 1. The lowest BCUT2D eigenvalue weighted by atomic mass is 10.1. The molecule has 0 bridgehead atoms. The Balaban J connectivity index is 1.87. The topological polar surface area (TPSA) is 55.4 Å². The molecule has 116 valence electrons. The van der Waals surface area contributed by atoms with Crippen LogP contribution in [-0.4, -0.2) is 18.3 Å². The van der Waals surface area contributed by atoms with E-state index in [1.54, 1.807) is 30.3 Å². The molecule has 0 aliphatic carbocycles. The molecule has 2 rings (SSSR count). The summed E-state index contributed by atoms with van der Waals surface area (Å²) in [5.74, 6) is 0.220. The van der Waals surface area contributed by atoms with Crippen molar-refractivity contribution in [1.82, 2.24) is 5.32 Å². The predicted octanol–water partition coefficient (Wildman–Crippen LogP) is 3.86. The monoisotopic (exact) mass is 337 g/mol. The van der Waals surface area contributed by atoms with Gasteiger partial charge in [-0.3, -0.25) is 9.59 Å². The van der Waals surface area contributed by atoms with Gasteiger partial charge in [-0.1, -0.05) is 23.7 Å². The van der Waals surface area contributed by atoms with Crippen LogP contribution in [0.3, 0.4) is 0 Å². The van der Waals surface area contributed by atoms with E-state index in [4.69, 9.17) is 16.3 Å². The maximum absolute atomic E-state index is 11.9. The summed E-state index contributed by atoms with van der Waals surface area (Å²) in [7, 11) is 0. The molecule has 6 heteroatoms. The van der Waals surface area contributed by atoms with Crippen molar-refractivity contribution in [2.45, 2.75) is 19.9 Å². The summed E-state index contributed by atoms with van der Waals surface area (Å²) in [6.45, 7) is 3.26. The lowest BCUT2D eigenvalue weighted by Gasteiger charge is -2.13. The van der Waals surface area contributed by atoms with Gasteiger partial charge in [0.25, 0.3) is 5.91 Å². The third-order valence-electron chi connectivity index (χ3n) is 3.01. The molecule has 1 N–H and O–H groups in total. The van der Waals surface area contributed by atoms with Crippen molar-refractivity contribution in [1.29, 1.82) is 0 Å². The van der Waals surface area contributed by atoms with E-state index in [0.29, 0.717) is 15.6 Å². The Morgan fingerprint density at radius 2 is 2.09 bits per heavy atom. The smallest absolute Gasteiger partial charge is 0.258 e. The van der Waals surface area contributed by atoms with Crippen LogP contribution < -0.4 is 10.1 Å². The van der Waals surface area contributed by atoms with Crippen LogP contribution in [0.1, 0.15) is 35.1 Å². The SMILES string of the molecule is CC(=O)c1cccc(OCC(=O)NC(C)c2ccc(Cl)s2)c1. The molecule has 0 aliphatic heterocycles. The van der Waals surface area contributed by atoms with E-state index in [9.17, 15) is 9.59 Å². The third kappa shape index (κ3) is 4.58. The molecular weight excluding hydrogens is 322 g/mol. The minimum atomic E-state index is -0.231. The Bertz CT molecular complexity index is 684. The van der Waals surface area contributed by atoms with Gasteiger partial charge in [-0.05, 0) is 38.1 Å². The number of rotatable bonds is 6. The molecule has 1 atom stereocenters. The summed E-state index contributed by atoms with van der Waals surface area (Å²) in [6.07, 6.45) is 0. The van der Waals surface area contributed by atoms with E-state index >= 15 is 0 Å². The Kier molecular flexibility index (Phi) is 5.57. The van der Waals surface area contributed by atoms with E-state index < -0.39 is 0 Å². The number of hydrogen-bond acceptors (Lipinski definition) is 4. The Labute approximate surface area is 138 Å². The van der Waals surface area contributed by atoms with Crippen molar-refractivity contribution >= 4 is 34.6 Å². The van der Waals surface area contributed by atoms with Gasteiger partial charge in [0.1, 0.15) is 5.75 Å². The maximum atomic E-state index is 11.9. The van der Waals surface area contributed by atoms with Crippen LogP contribution in [0.4, 0.5) is 0 Å². The van der Waals surface area contributed by atoms with Gasteiger partial charge < -0.3 is 10.1 Å². The van der Waals surface area contributed by atoms with Crippen LogP contribution in [0.2, 0.25) is 4.34 Å². The lowest BCUT2D eigenvalue weighted by molar-refractivity contribution is -0.123. The first-order chi connectivity index (χ1) is 10.5. The zero-order valence-corrected chi connectivity index (χ0v) is 13.8. The molecule has 1 aromatic heterocycles. The molecule has 1 unspecified atom stereocenters. The minimum absolute atomic E-state index is 0.0434. The molecule has 0 fully saturated rings. The lowest BCUT2D eigenvalue weighted by Crippen LogP contribution is -2.30. The standard InChI is InChI=1S/C16H16ClNO3S/c1-10(14-6-7-15(17)22-14)18-16(20)9-21-13-5-3-4-12(8-13)11(2)19/h3-8,10H,9H2,1-2H3,(H,18,20). The molecule has 0 aliphatic rings. The summed E-state index contributed by atoms with van der Waals surface area (Å²) < 4.78 is 6.10. The molecule has 22 heavy (non-hydrogen) atoms. The number of carbonyl (C=O) groups is 2. The van der Waals surface area contributed by atoms with Crippen LogP contribution in [-0.2, 0) is 4.79 Å². The number of Topliss-reactive ketones (excluding diaryl/α,β-unsaturated/α-hetero) is 1. The van der Waals surface area contributed by atoms with Gasteiger partial charge in [0.05, 0.1) is 10.4 Å². The highest BCUT2D eigenvalue weighted by Gasteiger charge is 2.12. The molecule has 2 aromatic rings. The predicted molar refractivity (Wildman–Crippen MR) is 87.8 cm³/mol. The van der Waals surface area contributed by atoms with Crippen molar-refractivity contribution in [3.63, 3.8) is 0 Å². The van der Waals surface area contributed by atoms with E-state index in [2.05, 4.69) is 5.32 Å². The van der Waals surface area contributed by atoms with Crippen molar-refractivity contribution in [2.75, 3.05) is 6.61 Å². The Hall–Kier alpha value is -1.85. The summed E-state index contributed by atoms with van der Waals surface area (Å²) in [6, 6.07) is 10.3. The van der Waals surface area contributed by atoms with E-state index in [1.807, 2.05) is 13.0 Å². The summed E-state index contributed by atoms with van der Waals surface area (Å²) in [5.41, 5.74) is 0.555. The first-order valence-corrected chi connectivity index (χ1v) is 7.93. The zero-order chi connectivity index (χ0) is 16.1. The van der Waals surface area contributed by atoms with E-state index in [1.165, 1.54) is 18.3 Å². The first kappa shape index (κ1) is 16.5. The second-order valence-corrected chi connectivity index (χ2v) is 6.55. The van der Waals surface area contributed by atoms with Crippen molar-refractivity contribution in [3.05, 3.63) is 51.2 Å². The normalized spacial score (nSPS) is 11.8. The molecule has 1 amide bonds. The van der Waals surface area contributed by atoms with Crippen LogP contribution >= 0.6 is 22.9 Å². The van der Waals surface area contributed by atoms with Gasteiger partial charge in [-0.15, -0.1) is 11.3 Å². The summed E-state index contributed by atoms with van der Waals surface area (Å²) in [4.78, 5) is 24.2. The highest BCUT2D eigenvalue weighted by atomic mass is 35.5. The van der Waals surface area contributed by atoms with Gasteiger partial charge >= 0.3 is 0 Å². The van der Waals surface area contributed by atoms with E-state index in [-0.39, 0.29) is 24.3 Å². The molecule has 0 radical (unpaired) electrons.